The Morgan fingerprint density at radius 2 is 1.90 bits per heavy atom. The second-order valence-corrected chi connectivity index (χ2v) is 8.61. The van der Waals surface area contributed by atoms with Crippen LogP contribution in [0.25, 0.3) is 22.6 Å². The molecule has 0 radical (unpaired) electrons. The molecule has 0 heterocycles. The van der Waals surface area contributed by atoms with Crippen LogP contribution in [0, 0.1) is 16.0 Å². The Labute approximate surface area is 168 Å². The summed E-state index contributed by atoms with van der Waals surface area (Å²) in [5, 5.41) is 14.7. The lowest BCUT2D eigenvalue weighted by atomic mass is 10.1. The maximum atomic E-state index is 12.9. The first kappa shape index (κ1) is 21.9. The van der Waals surface area contributed by atoms with Gasteiger partial charge < -0.3 is 4.74 Å². The molecule has 2 aromatic rings. The van der Waals surface area contributed by atoms with Gasteiger partial charge in [-0.2, -0.15) is 0 Å². The van der Waals surface area contributed by atoms with E-state index in [2.05, 4.69) is 10.0 Å². The summed E-state index contributed by atoms with van der Waals surface area (Å²) in [4.78, 5) is 13.0. The van der Waals surface area contributed by atoms with Crippen molar-refractivity contribution in [2.24, 2.45) is 11.0 Å². The summed E-state index contributed by atoms with van der Waals surface area (Å²) in [6.07, 6.45) is 3.11. The van der Waals surface area contributed by atoms with Crippen molar-refractivity contribution >= 4 is 33.4 Å². The van der Waals surface area contributed by atoms with E-state index >= 15 is 0 Å². The van der Waals surface area contributed by atoms with Crippen molar-refractivity contribution in [1.82, 2.24) is 0 Å². The molecule has 0 aliphatic heterocycles. The summed E-state index contributed by atoms with van der Waals surface area (Å²) in [6.45, 7) is 3.46. The molecule has 0 saturated heterocycles. The number of nitrogens with zero attached hydrogens (tertiary/aromatic N) is 4. The van der Waals surface area contributed by atoms with Crippen LogP contribution in [0.1, 0.15) is 25.0 Å². The number of rotatable bonds is 8. The van der Waals surface area contributed by atoms with Crippen LogP contribution in [0.5, 0.6) is 5.75 Å². The standard InChI is InChI=1S/C19H20N4O5S/c1-13(2)12-29(26,27)19-11-15(23(24)25)10-18(21-22-20)17(19)9-6-14-4-7-16(28-3)8-5-14/h4-11,13H,12H2,1-3H3/b9-6+. The fourth-order valence-electron chi connectivity index (χ4n) is 2.68. The summed E-state index contributed by atoms with van der Waals surface area (Å²) in [5.74, 6) is 0.265. The number of non-ortho nitro benzene ring substituents is 1. The van der Waals surface area contributed by atoms with Crippen LogP contribution < -0.4 is 4.74 Å². The summed E-state index contributed by atoms with van der Waals surface area (Å²) in [7, 11) is -2.32. The largest absolute Gasteiger partial charge is 0.497 e. The molecular weight excluding hydrogens is 396 g/mol. The van der Waals surface area contributed by atoms with E-state index in [0.717, 1.165) is 17.7 Å². The second-order valence-electron chi connectivity index (χ2n) is 6.61. The third-order valence-electron chi connectivity index (χ3n) is 3.91. The molecule has 0 spiro atoms. The Bertz CT molecular complexity index is 1090. The van der Waals surface area contributed by atoms with Crippen LogP contribution >= 0.6 is 0 Å². The van der Waals surface area contributed by atoms with Gasteiger partial charge in [-0.25, -0.2) is 8.42 Å². The van der Waals surface area contributed by atoms with E-state index in [1.807, 2.05) is 0 Å². The fraction of sp³-hybridized carbons (Fsp3) is 0.263. The molecule has 0 atom stereocenters. The normalized spacial score (nSPS) is 11.4. The van der Waals surface area contributed by atoms with E-state index in [-0.39, 0.29) is 27.8 Å². The van der Waals surface area contributed by atoms with Gasteiger partial charge in [-0.05, 0) is 29.1 Å². The van der Waals surface area contributed by atoms with Gasteiger partial charge in [0.05, 0.1) is 28.4 Å². The quantitative estimate of drug-likeness (QED) is 0.146. The predicted octanol–water partition coefficient (Wildman–Crippen LogP) is 5.15. The van der Waals surface area contributed by atoms with Gasteiger partial charge in [0.1, 0.15) is 5.75 Å². The van der Waals surface area contributed by atoms with Crippen LogP contribution in [-0.2, 0) is 9.84 Å². The molecule has 0 aliphatic rings. The summed E-state index contributed by atoms with van der Waals surface area (Å²) in [6, 6.07) is 9.05. The number of benzene rings is 2. The minimum Gasteiger partial charge on any atom is -0.497 e. The smallest absolute Gasteiger partial charge is 0.271 e. The first-order valence-electron chi connectivity index (χ1n) is 8.60. The van der Waals surface area contributed by atoms with Crippen molar-refractivity contribution in [3.8, 4) is 5.75 Å². The zero-order valence-electron chi connectivity index (χ0n) is 16.1. The lowest BCUT2D eigenvalue weighted by molar-refractivity contribution is -0.385. The molecule has 0 fully saturated rings. The van der Waals surface area contributed by atoms with Crippen LogP contribution in [0.2, 0.25) is 0 Å². The molecule has 0 aliphatic carbocycles. The molecule has 2 aromatic carbocycles. The Kier molecular flexibility index (Phi) is 6.98. The zero-order chi connectivity index (χ0) is 21.6. The first-order chi connectivity index (χ1) is 13.7. The maximum absolute atomic E-state index is 12.9. The zero-order valence-corrected chi connectivity index (χ0v) is 17.0. The average Bonchev–Trinajstić information content (AvgIpc) is 2.66. The molecule has 9 nitrogen and oxygen atoms in total. The predicted molar refractivity (Wildman–Crippen MR) is 111 cm³/mol. The van der Waals surface area contributed by atoms with Gasteiger partial charge in [0.25, 0.3) is 5.69 Å². The van der Waals surface area contributed by atoms with Gasteiger partial charge in [-0.15, -0.1) is 0 Å². The minimum atomic E-state index is -3.86. The van der Waals surface area contributed by atoms with Crippen molar-refractivity contribution in [2.45, 2.75) is 18.7 Å². The van der Waals surface area contributed by atoms with E-state index in [4.69, 9.17) is 10.3 Å². The summed E-state index contributed by atoms with van der Waals surface area (Å²) in [5.41, 5.74) is 9.11. The number of hydrogen-bond donors (Lipinski definition) is 0. The van der Waals surface area contributed by atoms with E-state index in [1.54, 1.807) is 51.3 Å². The molecule has 0 amide bonds. The lowest BCUT2D eigenvalue weighted by Crippen LogP contribution is -2.13. The van der Waals surface area contributed by atoms with E-state index < -0.39 is 20.4 Å². The third-order valence-corrected chi connectivity index (χ3v) is 6.03. The number of ether oxygens (including phenoxy) is 1. The molecule has 10 heteroatoms. The maximum Gasteiger partial charge on any atom is 0.271 e. The van der Waals surface area contributed by atoms with E-state index in [1.165, 1.54) is 6.08 Å². The summed E-state index contributed by atoms with van der Waals surface area (Å²) >= 11 is 0. The molecule has 0 aromatic heterocycles. The van der Waals surface area contributed by atoms with Gasteiger partial charge in [-0.1, -0.05) is 43.2 Å². The van der Waals surface area contributed by atoms with E-state index in [9.17, 15) is 18.5 Å². The van der Waals surface area contributed by atoms with Crippen molar-refractivity contribution in [2.75, 3.05) is 12.9 Å². The van der Waals surface area contributed by atoms with Gasteiger partial charge in [0.15, 0.2) is 9.84 Å². The third kappa shape index (κ3) is 5.56. The second kappa shape index (κ2) is 9.22. The van der Waals surface area contributed by atoms with E-state index in [0.29, 0.717) is 5.75 Å². The minimum absolute atomic E-state index is 0.102. The highest BCUT2D eigenvalue weighted by Crippen LogP contribution is 2.35. The molecule has 152 valence electrons. The molecule has 0 saturated carbocycles. The topological polar surface area (TPSA) is 135 Å². The number of nitro groups is 1. The van der Waals surface area contributed by atoms with Crippen LogP contribution in [0.4, 0.5) is 11.4 Å². The fourth-order valence-corrected chi connectivity index (χ4v) is 4.55. The van der Waals surface area contributed by atoms with Crippen molar-refractivity contribution in [3.63, 3.8) is 0 Å². The first-order valence-corrected chi connectivity index (χ1v) is 10.3. The van der Waals surface area contributed by atoms with Gasteiger partial charge in [0, 0.05) is 22.6 Å². The number of nitro benzene ring substituents is 1. The molecule has 2 rings (SSSR count). The number of azide groups is 1. The average molecular weight is 416 g/mol. The number of hydrogen-bond acceptors (Lipinski definition) is 6. The molecule has 0 N–H and O–H groups in total. The van der Waals surface area contributed by atoms with Crippen molar-refractivity contribution < 1.29 is 18.1 Å². The monoisotopic (exact) mass is 416 g/mol. The lowest BCUT2D eigenvalue weighted by Gasteiger charge is -2.12. The highest BCUT2D eigenvalue weighted by atomic mass is 32.2. The molecule has 0 bridgehead atoms. The van der Waals surface area contributed by atoms with Crippen molar-refractivity contribution in [3.05, 3.63) is 68.1 Å². The Balaban J connectivity index is 2.70. The van der Waals surface area contributed by atoms with Gasteiger partial charge in [-0.3, -0.25) is 10.1 Å². The SMILES string of the molecule is COc1ccc(/C=C/c2c(N=[N+]=[N-])cc([N+](=O)[O-])cc2S(=O)(=O)CC(C)C)cc1. The Hall–Kier alpha value is -3.36. The van der Waals surface area contributed by atoms with Crippen LogP contribution in [0.3, 0.4) is 0 Å². The molecular formula is C19H20N4O5S. The highest BCUT2D eigenvalue weighted by Gasteiger charge is 2.25. The number of methoxy groups -OCH3 is 1. The molecule has 29 heavy (non-hydrogen) atoms. The van der Waals surface area contributed by atoms with Gasteiger partial charge in [0.2, 0.25) is 0 Å². The Morgan fingerprint density at radius 3 is 2.41 bits per heavy atom. The highest BCUT2D eigenvalue weighted by molar-refractivity contribution is 7.91. The van der Waals surface area contributed by atoms with Gasteiger partial charge >= 0.3 is 0 Å². The van der Waals surface area contributed by atoms with Crippen molar-refractivity contribution in [1.29, 1.82) is 0 Å². The molecule has 0 unspecified atom stereocenters. The number of sulfone groups is 1. The van der Waals surface area contributed by atoms with Crippen LogP contribution in [0.15, 0.2) is 46.4 Å². The summed E-state index contributed by atoms with van der Waals surface area (Å²) < 4.78 is 30.9. The Morgan fingerprint density at radius 1 is 1.24 bits per heavy atom. The van der Waals surface area contributed by atoms with Crippen LogP contribution in [-0.4, -0.2) is 26.2 Å².